The molecule has 0 atom stereocenters. The van der Waals surface area contributed by atoms with Gasteiger partial charge in [-0.1, -0.05) is 18.5 Å². The summed E-state index contributed by atoms with van der Waals surface area (Å²) in [6.07, 6.45) is 9.80. The van der Waals surface area contributed by atoms with Crippen LogP contribution in [0.25, 0.3) is 11.0 Å². The number of piperazine rings is 2. The molecule has 328 valence electrons. The van der Waals surface area contributed by atoms with Gasteiger partial charge in [0.2, 0.25) is 5.91 Å². The summed E-state index contributed by atoms with van der Waals surface area (Å²) in [5.74, 6) is -0.00731. The van der Waals surface area contributed by atoms with Gasteiger partial charge >= 0.3 is 0 Å². The zero-order valence-corrected chi connectivity index (χ0v) is 35.9. The fourth-order valence-electron chi connectivity index (χ4n) is 8.44. The first kappa shape index (κ1) is 43.0. The summed E-state index contributed by atoms with van der Waals surface area (Å²) < 4.78 is 0. The van der Waals surface area contributed by atoms with E-state index in [-0.39, 0.29) is 40.7 Å². The minimum Gasteiger partial charge on any atom is -0.368 e. The lowest BCUT2D eigenvalue weighted by Crippen LogP contribution is -2.51. The molecule has 0 aromatic carbocycles. The van der Waals surface area contributed by atoms with Crippen molar-refractivity contribution in [2.45, 2.75) is 32.7 Å². The van der Waals surface area contributed by atoms with Crippen LogP contribution in [-0.4, -0.2) is 154 Å². The molecule has 0 radical (unpaired) electrons. The molecule has 62 heavy (non-hydrogen) atoms. The smallest absolute Gasteiger partial charge is 0.272 e. The molecule has 3 amide bonds. The van der Waals surface area contributed by atoms with Gasteiger partial charge in [0.1, 0.15) is 11.4 Å². The number of nitrogens with zero attached hydrogens (tertiary/aromatic N) is 9. The van der Waals surface area contributed by atoms with E-state index in [0.29, 0.717) is 63.0 Å². The number of hydrogen-bond donors (Lipinski definition) is 5. The van der Waals surface area contributed by atoms with Crippen molar-refractivity contribution < 1.29 is 14.4 Å². The molecule has 0 unspecified atom stereocenters. The third kappa shape index (κ3) is 10.7. The van der Waals surface area contributed by atoms with Gasteiger partial charge in [0.15, 0.2) is 5.15 Å². The second kappa shape index (κ2) is 20.0. The van der Waals surface area contributed by atoms with E-state index in [4.69, 9.17) is 11.6 Å². The number of aromatic amines is 1. The number of rotatable bonds is 14. The van der Waals surface area contributed by atoms with Crippen molar-refractivity contribution in [1.29, 1.82) is 0 Å². The van der Waals surface area contributed by atoms with Crippen LogP contribution in [0.5, 0.6) is 0 Å². The van der Waals surface area contributed by atoms with Crippen molar-refractivity contribution in [3.05, 3.63) is 99.2 Å². The third-order valence-corrected chi connectivity index (χ3v) is 12.4. The Labute approximate surface area is 365 Å². The Bertz CT molecular complexity index is 2300. The summed E-state index contributed by atoms with van der Waals surface area (Å²) in [5, 5.41) is 7.76. The molecule has 3 fully saturated rings. The Balaban J connectivity index is 0.721. The molecule has 4 aromatic heterocycles. The van der Waals surface area contributed by atoms with Gasteiger partial charge in [-0.15, -0.1) is 5.53 Å². The Morgan fingerprint density at radius 3 is 2.31 bits per heavy atom. The number of carbonyl (C=O) groups is 3. The average Bonchev–Trinajstić information content (AvgIpc) is 3.82. The van der Waals surface area contributed by atoms with Gasteiger partial charge in [0.05, 0.1) is 35.1 Å². The summed E-state index contributed by atoms with van der Waals surface area (Å²) in [4.78, 5) is 78.8. The van der Waals surface area contributed by atoms with Gasteiger partial charge in [-0.3, -0.25) is 39.0 Å². The van der Waals surface area contributed by atoms with Gasteiger partial charge in [0, 0.05) is 116 Å². The fraction of sp³-hybridized carbons (Fsp3) is 0.465. The molecule has 0 bridgehead atoms. The van der Waals surface area contributed by atoms with Crippen LogP contribution < -0.4 is 32.1 Å². The molecule has 8 rings (SSSR count). The van der Waals surface area contributed by atoms with Crippen LogP contribution in [0.3, 0.4) is 0 Å². The van der Waals surface area contributed by atoms with E-state index in [0.717, 1.165) is 93.0 Å². The number of amides is 3. The van der Waals surface area contributed by atoms with Crippen LogP contribution in [0, 0.1) is 5.92 Å². The number of anilines is 2. The van der Waals surface area contributed by atoms with Crippen LogP contribution >= 0.6 is 11.6 Å². The Kier molecular flexibility index (Phi) is 13.9. The lowest BCUT2D eigenvalue weighted by Gasteiger charge is -2.38. The number of aromatic nitrogens is 4. The van der Waals surface area contributed by atoms with Crippen molar-refractivity contribution in [2.75, 3.05) is 102 Å². The highest BCUT2D eigenvalue weighted by molar-refractivity contribution is 6.32. The molecule has 3 saturated heterocycles. The highest BCUT2D eigenvalue weighted by Crippen LogP contribution is 2.24. The molecule has 8 heterocycles. The molecule has 18 nitrogen and oxygen atoms in total. The minimum absolute atomic E-state index is 0.0392. The predicted molar refractivity (Wildman–Crippen MR) is 237 cm³/mol. The van der Waals surface area contributed by atoms with Gasteiger partial charge in [0.25, 0.3) is 17.4 Å². The first-order valence-corrected chi connectivity index (χ1v) is 21.9. The van der Waals surface area contributed by atoms with Crippen LogP contribution in [0.1, 0.15) is 51.9 Å². The maximum atomic E-state index is 13.4. The zero-order valence-electron chi connectivity index (χ0n) is 35.1. The lowest BCUT2D eigenvalue weighted by molar-refractivity contribution is -0.115. The molecule has 4 aromatic rings. The second-order valence-electron chi connectivity index (χ2n) is 16.3. The van der Waals surface area contributed by atoms with E-state index in [2.05, 4.69) is 56.2 Å². The van der Waals surface area contributed by atoms with E-state index in [1.807, 2.05) is 64.6 Å². The Hall–Kier alpha value is -5.66. The summed E-state index contributed by atoms with van der Waals surface area (Å²) in [7, 11) is 0. The third-order valence-electron chi connectivity index (χ3n) is 12.1. The van der Waals surface area contributed by atoms with E-state index < -0.39 is 0 Å². The van der Waals surface area contributed by atoms with E-state index in [1.165, 1.54) is 0 Å². The van der Waals surface area contributed by atoms with Crippen LogP contribution in [0.4, 0.5) is 11.4 Å². The van der Waals surface area contributed by atoms with Crippen LogP contribution in [0.15, 0.2) is 66.0 Å². The van der Waals surface area contributed by atoms with E-state index >= 15 is 0 Å². The minimum atomic E-state index is -0.254. The molecule has 19 heteroatoms. The number of nitrogens with one attached hydrogen (secondary N) is 5. The number of pyridine rings is 4. The number of likely N-dealkylation sites (tertiary alicyclic amines) is 1. The Morgan fingerprint density at radius 2 is 1.60 bits per heavy atom. The lowest BCUT2D eigenvalue weighted by atomic mass is 9.95. The van der Waals surface area contributed by atoms with Crippen molar-refractivity contribution in [3.63, 3.8) is 0 Å². The van der Waals surface area contributed by atoms with Crippen molar-refractivity contribution in [1.82, 2.24) is 60.8 Å². The van der Waals surface area contributed by atoms with Gasteiger partial charge in [-0.25, -0.2) is 9.97 Å². The van der Waals surface area contributed by atoms with Gasteiger partial charge < -0.3 is 35.7 Å². The largest absolute Gasteiger partial charge is 0.368 e. The topological polar surface area (TPSA) is 190 Å². The standard InChI is InChI=1S/C43H55ClN14O4/c1-2-32-24-37-38(51-41(32)60)23-31(25-46-37)29-54-15-19-55(20-16-54)33-3-4-35(47-26-33)42(61)57-21-17-53(18-22-57)28-30-7-11-56(12-8-30)43(62)36-6-5-34(40(44)50-36)49-39(59)27-45-9-13-58-14-10-48-52-58/h3-6,10,14,23-26,30,45,48,52H,2,7-9,11-13,15-22,27-29H2,1H3,(H,49,59)(H,51,60). The molecule has 0 aliphatic carbocycles. The first-order chi connectivity index (χ1) is 30.2. The van der Waals surface area contributed by atoms with E-state index in [9.17, 15) is 19.2 Å². The molecular weight excluding hydrogens is 812 g/mol. The monoisotopic (exact) mass is 866 g/mol. The Morgan fingerprint density at radius 1 is 0.855 bits per heavy atom. The zero-order chi connectivity index (χ0) is 43.0. The number of fused-ring (bicyclic) bond motifs is 1. The average molecular weight is 867 g/mol. The molecule has 5 N–H and O–H groups in total. The summed E-state index contributed by atoms with van der Waals surface area (Å²) in [5.41, 5.74) is 11.2. The molecule has 0 spiro atoms. The first-order valence-electron chi connectivity index (χ1n) is 21.6. The molecular formula is C43H55ClN14O4. The van der Waals surface area contributed by atoms with Crippen molar-refractivity contribution >= 4 is 51.7 Å². The van der Waals surface area contributed by atoms with E-state index in [1.54, 1.807) is 18.3 Å². The highest BCUT2D eigenvalue weighted by atomic mass is 35.5. The quantitative estimate of drug-likeness (QED) is 0.0913. The SMILES string of the molecule is CCc1cc2ncc(CN3CCN(c4ccc(C(=O)N5CCN(CC6CCN(C(=O)c7ccc(NC(=O)CNCCN8C=CNN8)c(Cl)n7)CC6)CC5)nc4)CC3)cc2[nH]c1=O. The number of carbonyl (C=O) groups excluding carboxylic acids is 3. The number of halogens is 1. The van der Waals surface area contributed by atoms with Gasteiger partial charge in [-0.05, 0) is 67.1 Å². The number of piperidine rings is 1. The summed E-state index contributed by atoms with van der Waals surface area (Å²) in [6, 6.07) is 11.0. The maximum Gasteiger partial charge on any atom is 0.272 e. The second-order valence-corrected chi connectivity index (χ2v) is 16.6. The van der Waals surface area contributed by atoms with Gasteiger partial charge in [-0.2, -0.15) is 0 Å². The summed E-state index contributed by atoms with van der Waals surface area (Å²) in [6.45, 7) is 12.6. The predicted octanol–water partition coefficient (Wildman–Crippen LogP) is 1.89. The normalized spacial score (nSPS) is 17.8. The summed E-state index contributed by atoms with van der Waals surface area (Å²) >= 11 is 6.39. The molecule has 4 aliphatic rings. The number of hydrogen-bond acceptors (Lipinski definition) is 14. The van der Waals surface area contributed by atoms with Crippen LogP contribution in [0.2, 0.25) is 5.15 Å². The number of aryl methyl sites for hydroxylation is 1. The molecule has 0 saturated carbocycles. The number of H-pyrrole nitrogens is 1. The van der Waals surface area contributed by atoms with Crippen molar-refractivity contribution in [3.8, 4) is 0 Å². The number of hydrazine groups is 2. The van der Waals surface area contributed by atoms with Crippen molar-refractivity contribution in [2.24, 2.45) is 5.92 Å². The molecule has 4 aliphatic heterocycles. The maximum absolute atomic E-state index is 13.4. The van der Waals surface area contributed by atoms with Crippen LogP contribution in [-0.2, 0) is 17.8 Å². The highest BCUT2D eigenvalue weighted by Gasteiger charge is 2.29. The fourth-order valence-corrected chi connectivity index (χ4v) is 8.64.